The van der Waals surface area contributed by atoms with Gasteiger partial charge in [0.05, 0.1) is 18.5 Å². The lowest BCUT2D eigenvalue weighted by Gasteiger charge is -2.28. The zero-order valence-corrected chi connectivity index (χ0v) is 17.2. The standard InChI is InChI=1S/C19H22N6O3S/c1-3-27-17(26)16-12(2)21-19(29-16)24-18-22-13(14-10-20-11-28-14)9-15(23-18)25-7-5-4-6-8-25/h9-11H,3-8H2,1-2H3,(H,21,22,23,24). The Kier molecular flexibility index (Phi) is 5.70. The molecule has 1 aliphatic heterocycles. The number of nitrogens with zero attached hydrogens (tertiary/aromatic N) is 5. The van der Waals surface area contributed by atoms with E-state index in [0.29, 0.717) is 39.7 Å². The summed E-state index contributed by atoms with van der Waals surface area (Å²) in [4.78, 5) is 32.4. The molecule has 0 saturated carbocycles. The van der Waals surface area contributed by atoms with Crippen LogP contribution in [0.1, 0.15) is 41.6 Å². The minimum atomic E-state index is -0.374. The van der Waals surface area contributed by atoms with Crippen LogP contribution in [0.3, 0.4) is 0 Å². The molecule has 1 N–H and O–H groups in total. The van der Waals surface area contributed by atoms with E-state index in [2.05, 4.69) is 30.2 Å². The molecule has 9 nitrogen and oxygen atoms in total. The van der Waals surface area contributed by atoms with Gasteiger partial charge in [-0.3, -0.25) is 5.32 Å². The normalized spacial score (nSPS) is 14.1. The van der Waals surface area contributed by atoms with Crippen LogP contribution >= 0.6 is 11.3 Å². The van der Waals surface area contributed by atoms with Crippen LogP contribution in [0.2, 0.25) is 0 Å². The van der Waals surface area contributed by atoms with Crippen LogP contribution < -0.4 is 10.2 Å². The van der Waals surface area contributed by atoms with Crippen LogP contribution in [0, 0.1) is 6.92 Å². The van der Waals surface area contributed by atoms with Crippen molar-refractivity contribution < 1.29 is 13.9 Å². The van der Waals surface area contributed by atoms with Gasteiger partial charge in [0.25, 0.3) is 0 Å². The summed E-state index contributed by atoms with van der Waals surface area (Å²) >= 11 is 1.22. The number of nitrogens with one attached hydrogen (secondary N) is 1. The minimum Gasteiger partial charge on any atom is -0.462 e. The number of hydrogen-bond donors (Lipinski definition) is 1. The van der Waals surface area contributed by atoms with Crippen molar-refractivity contribution in [1.29, 1.82) is 0 Å². The van der Waals surface area contributed by atoms with Crippen LogP contribution in [0.15, 0.2) is 23.1 Å². The molecule has 0 amide bonds. The fourth-order valence-electron chi connectivity index (χ4n) is 3.18. The molecule has 29 heavy (non-hydrogen) atoms. The highest BCUT2D eigenvalue weighted by atomic mass is 32.1. The Labute approximate surface area is 172 Å². The van der Waals surface area contributed by atoms with E-state index in [1.54, 1.807) is 20.0 Å². The second kappa shape index (κ2) is 8.56. The number of oxazole rings is 1. The van der Waals surface area contributed by atoms with Crippen molar-refractivity contribution in [2.45, 2.75) is 33.1 Å². The van der Waals surface area contributed by atoms with Crippen LogP contribution in [0.25, 0.3) is 11.5 Å². The van der Waals surface area contributed by atoms with Crippen molar-refractivity contribution in [3.8, 4) is 11.5 Å². The second-order valence-electron chi connectivity index (χ2n) is 6.63. The number of hydrogen-bond acceptors (Lipinski definition) is 10. The Bertz CT molecular complexity index is 982. The van der Waals surface area contributed by atoms with Gasteiger partial charge >= 0.3 is 5.97 Å². The summed E-state index contributed by atoms with van der Waals surface area (Å²) in [5.74, 6) is 1.41. The largest absolute Gasteiger partial charge is 0.462 e. The monoisotopic (exact) mass is 414 g/mol. The molecule has 0 aromatic carbocycles. The molecule has 1 saturated heterocycles. The third kappa shape index (κ3) is 4.37. The first-order chi connectivity index (χ1) is 14.1. The molecular weight excluding hydrogens is 392 g/mol. The van der Waals surface area contributed by atoms with Crippen molar-refractivity contribution in [2.24, 2.45) is 0 Å². The maximum atomic E-state index is 12.1. The lowest BCUT2D eigenvalue weighted by Crippen LogP contribution is -2.30. The lowest BCUT2D eigenvalue weighted by atomic mass is 10.1. The quantitative estimate of drug-likeness (QED) is 0.603. The van der Waals surface area contributed by atoms with E-state index in [4.69, 9.17) is 9.15 Å². The Morgan fingerprint density at radius 3 is 2.83 bits per heavy atom. The molecule has 1 aliphatic rings. The lowest BCUT2D eigenvalue weighted by molar-refractivity contribution is 0.0531. The van der Waals surface area contributed by atoms with E-state index >= 15 is 0 Å². The number of rotatable bonds is 6. The van der Waals surface area contributed by atoms with E-state index < -0.39 is 0 Å². The summed E-state index contributed by atoms with van der Waals surface area (Å²) < 4.78 is 10.5. The van der Waals surface area contributed by atoms with Gasteiger partial charge in [-0.05, 0) is 33.1 Å². The number of piperidine rings is 1. The summed E-state index contributed by atoms with van der Waals surface area (Å²) in [6, 6.07) is 1.91. The number of ether oxygens (including phenoxy) is 1. The highest BCUT2D eigenvalue weighted by Gasteiger charge is 2.19. The Morgan fingerprint density at radius 1 is 1.28 bits per heavy atom. The van der Waals surface area contributed by atoms with E-state index in [-0.39, 0.29) is 5.97 Å². The molecule has 0 spiro atoms. The van der Waals surface area contributed by atoms with E-state index in [1.165, 1.54) is 24.2 Å². The van der Waals surface area contributed by atoms with Gasteiger partial charge in [0.2, 0.25) is 5.95 Å². The topological polar surface area (TPSA) is 106 Å². The van der Waals surface area contributed by atoms with Crippen LogP contribution in [0.5, 0.6) is 0 Å². The molecule has 3 aromatic heterocycles. The van der Waals surface area contributed by atoms with Crippen molar-refractivity contribution in [3.05, 3.63) is 29.2 Å². The Balaban J connectivity index is 1.65. The average molecular weight is 414 g/mol. The molecule has 0 bridgehead atoms. The number of anilines is 3. The van der Waals surface area contributed by atoms with Gasteiger partial charge in [-0.25, -0.2) is 19.7 Å². The molecule has 4 heterocycles. The third-order valence-electron chi connectivity index (χ3n) is 4.55. The molecule has 1 fully saturated rings. The highest BCUT2D eigenvalue weighted by molar-refractivity contribution is 7.17. The molecule has 0 atom stereocenters. The fourth-order valence-corrected chi connectivity index (χ4v) is 4.03. The number of aryl methyl sites for hydroxylation is 1. The summed E-state index contributed by atoms with van der Waals surface area (Å²) in [5, 5.41) is 3.66. The van der Waals surface area contributed by atoms with E-state index in [9.17, 15) is 4.79 Å². The van der Waals surface area contributed by atoms with Crippen molar-refractivity contribution in [1.82, 2.24) is 19.9 Å². The van der Waals surface area contributed by atoms with Crippen molar-refractivity contribution >= 4 is 34.2 Å². The molecule has 3 aromatic rings. The Hall–Kier alpha value is -3.01. The number of thiazole rings is 1. The summed E-state index contributed by atoms with van der Waals surface area (Å²) in [7, 11) is 0. The molecule has 0 radical (unpaired) electrons. The van der Waals surface area contributed by atoms with Gasteiger partial charge in [-0.1, -0.05) is 11.3 Å². The first-order valence-corrected chi connectivity index (χ1v) is 10.4. The molecular formula is C19H22N6O3S. The predicted molar refractivity (Wildman–Crippen MR) is 110 cm³/mol. The molecule has 0 unspecified atom stereocenters. The number of carbonyl (C=O) groups is 1. The van der Waals surface area contributed by atoms with Crippen molar-refractivity contribution in [3.63, 3.8) is 0 Å². The maximum absolute atomic E-state index is 12.1. The highest BCUT2D eigenvalue weighted by Crippen LogP contribution is 2.29. The molecule has 10 heteroatoms. The Morgan fingerprint density at radius 2 is 2.10 bits per heavy atom. The van der Waals surface area contributed by atoms with Crippen LogP contribution in [0.4, 0.5) is 16.9 Å². The summed E-state index contributed by atoms with van der Waals surface area (Å²) in [6.45, 7) is 5.78. The van der Waals surface area contributed by atoms with Gasteiger partial charge < -0.3 is 14.1 Å². The second-order valence-corrected chi connectivity index (χ2v) is 7.63. The first-order valence-electron chi connectivity index (χ1n) is 9.58. The number of carbonyl (C=O) groups excluding carboxylic acids is 1. The zero-order valence-electron chi connectivity index (χ0n) is 16.3. The van der Waals surface area contributed by atoms with Crippen molar-refractivity contribution in [2.75, 3.05) is 29.9 Å². The summed E-state index contributed by atoms with van der Waals surface area (Å²) in [6.07, 6.45) is 6.51. The van der Waals surface area contributed by atoms with Gasteiger partial charge in [-0.15, -0.1) is 0 Å². The molecule has 4 rings (SSSR count). The van der Waals surface area contributed by atoms with Crippen LogP contribution in [-0.2, 0) is 4.74 Å². The van der Waals surface area contributed by atoms with Gasteiger partial charge in [0.1, 0.15) is 16.4 Å². The molecule has 0 aliphatic carbocycles. The SMILES string of the molecule is CCOC(=O)c1sc(Nc2nc(-c3cnco3)cc(N3CCCCC3)n2)nc1C. The summed E-state index contributed by atoms with van der Waals surface area (Å²) in [5.41, 5.74) is 1.25. The van der Waals surface area contributed by atoms with Crippen LogP contribution in [-0.4, -0.2) is 45.6 Å². The number of aromatic nitrogens is 4. The van der Waals surface area contributed by atoms with E-state index in [1.807, 2.05) is 6.07 Å². The first kappa shape index (κ1) is 19.3. The molecule has 152 valence electrons. The minimum absolute atomic E-state index is 0.320. The third-order valence-corrected chi connectivity index (χ3v) is 5.61. The predicted octanol–water partition coefficient (Wildman–Crippen LogP) is 3.81. The fraction of sp³-hybridized carbons (Fsp3) is 0.421. The van der Waals surface area contributed by atoms with Gasteiger partial charge in [0, 0.05) is 19.2 Å². The number of esters is 1. The average Bonchev–Trinajstić information content (AvgIpc) is 3.39. The zero-order chi connectivity index (χ0) is 20.2. The van der Waals surface area contributed by atoms with Gasteiger partial charge in [-0.2, -0.15) is 4.98 Å². The smallest absolute Gasteiger partial charge is 0.350 e. The van der Waals surface area contributed by atoms with E-state index in [0.717, 1.165) is 31.7 Å². The van der Waals surface area contributed by atoms with Gasteiger partial charge in [0.15, 0.2) is 17.3 Å². The maximum Gasteiger partial charge on any atom is 0.350 e.